The molecular weight excluding hydrogens is 240 g/mol. The number of hydrogen-bond acceptors (Lipinski definition) is 6. The third-order valence-corrected chi connectivity index (χ3v) is 1.78. The Bertz CT molecular complexity index is 452. The van der Waals surface area contributed by atoms with E-state index >= 15 is 0 Å². The molecule has 1 heterocycles. The minimum atomic E-state index is -0.788. The van der Waals surface area contributed by atoms with Crippen LogP contribution in [-0.2, 0) is 4.74 Å². The second kappa shape index (κ2) is 4.96. The average Bonchev–Trinajstić information content (AvgIpc) is 2.26. The van der Waals surface area contributed by atoms with Gasteiger partial charge in [0.05, 0.1) is 4.92 Å². The fourth-order valence-corrected chi connectivity index (χ4v) is 1.03. The number of ether oxygens (including phenoxy) is 1. The maximum atomic E-state index is 11.6. The highest BCUT2D eigenvalue weighted by Gasteiger charge is 2.22. The second-order valence-corrected chi connectivity index (χ2v) is 4.48. The highest BCUT2D eigenvalue weighted by atomic mass is 16.6. The molecule has 0 spiro atoms. The molecule has 1 aromatic heterocycles. The summed E-state index contributed by atoms with van der Waals surface area (Å²) in [6.45, 7) is 5.09. The minimum absolute atomic E-state index is 0.0647. The van der Waals surface area contributed by atoms with Crippen molar-refractivity contribution >= 4 is 17.6 Å². The van der Waals surface area contributed by atoms with Gasteiger partial charge in [-0.15, -0.1) is 0 Å². The number of aromatic nitrogens is 1. The normalized spacial score (nSPS) is 10.9. The maximum absolute atomic E-state index is 11.6. The van der Waals surface area contributed by atoms with Crippen molar-refractivity contribution in [1.82, 2.24) is 4.98 Å². The molecule has 0 aliphatic heterocycles. The van der Waals surface area contributed by atoms with Crippen LogP contribution in [0.4, 0.5) is 16.3 Å². The molecule has 1 amide bonds. The summed E-state index contributed by atoms with van der Waals surface area (Å²) in [7, 11) is 0. The predicted molar refractivity (Wildman–Crippen MR) is 63.8 cm³/mol. The van der Waals surface area contributed by atoms with E-state index < -0.39 is 16.6 Å². The van der Waals surface area contributed by atoms with Crippen molar-refractivity contribution in [3.63, 3.8) is 0 Å². The summed E-state index contributed by atoms with van der Waals surface area (Å²) < 4.78 is 5.02. The summed E-state index contributed by atoms with van der Waals surface area (Å²) >= 11 is 0. The minimum Gasteiger partial charge on any atom is -0.442 e. The van der Waals surface area contributed by atoms with Crippen molar-refractivity contribution < 1.29 is 14.5 Å². The molecule has 0 radical (unpaired) electrons. The van der Waals surface area contributed by atoms with E-state index in [0.717, 1.165) is 6.20 Å². The largest absolute Gasteiger partial charge is 0.442 e. The Hall–Kier alpha value is -2.22. The molecule has 1 rings (SSSR count). The zero-order valence-electron chi connectivity index (χ0n) is 10.3. The molecule has 1 aromatic rings. The Kier molecular flexibility index (Phi) is 3.82. The molecule has 0 aliphatic rings. The van der Waals surface area contributed by atoms with Gasteiger partial charge in [-0.2, -0.15) is 5.01 Å². The lowest BCUT2D eigenvalue weighted by Crippen LogP contribution is -2.42. The van der Waals surface area contributed by atoms with Crippen LogP contribution in [0.3, 0.4) is 0 Å². The van der Waals surface area contributed by atoms with E-state index in [1.807, 2.05) is 0 Å². The third-order valence-electron chi connectivity index (χ3n) is 1.78. The first kappa shape index (κ1) is 13.8. The van der Waals surface area contributed by atoms with E-state index in [1.54, 1.807) is 20.8 Å². The van der Waals surface area contributed by atoms with Gasteiger partial charge in [0.25, 0.3) is 5.69 Å². The molecule has 18 heavy (non-hydrogen) atoms. The standard InChI is InChI=1S/C10H14N4O4/c1-10(2,3)18-9(15)13(11)8-5-4-7(6-12-8)14(16)17/h4-6H,11H2,1-3H3. The number of hydrazine groups is 1. The van der Waals surface area contributed by atoms with Gasteiger partial charge in [0.15, 0.2) is 5.82 Å². The zero-order chi connectivity index (χ0) is 13.9. The molecule has 98 valence electrons. The van der Waals surface area contributed by atoms with Gasteiger partial charge in [-0.1, -0.05) is 0 Å². The Balaban J connectivity index is 2.81. The molecule has 0 fully saturated rings. The lowest BCUT2D eigenvalue weighted by atomic mass is 10.2. The second-order valence-electron chi connectivity index (χ2n) is 4.48. The molecule has 0 bridgehead atoms. The third kappa shape index (κ3) is 3.67. The summed E-state index contributed by atoms with van der Waals surface area (Å²) in [5, 5.41) is 11.1. The van der Waals surface area contributed by atoms with Crippen LogP contribution in [0.5, 0.6) is 0 Å². The molecule has 8 nitrogen and oxygen atoms in total. The summed E-state index contributed by atoms with van der Waals surface area (Å²) in [6.07, 6.45) is 0.225. The number of carbonyl (C=O) groups excluding carboxylic acids is 1. The molecule has 0 saturated heterocycles. The Morgan fingerprint density at radius 2 is 2.11 bits per heavy atom. The summed E-state index contributed by atoms with van der Waals surface area (Å²) in [5.74, 6) is 5.56. The first-order valence-electron chi connectivity index (χ1n) is 5.09. The SMILES string of the molecule is CC(C)(C)OC(=O)N(N)c1ccc([N+](=O)[O-])cn1. The highest BCUT2D eigenvalue weighted by Crippen LogP contribution is 2.16. The van der Waals surface area contributed by atoms with Crippen molar-refractivity contribution in [1.29, 1.82) is 0 Å². The molecule has 0 aromatic carbocycles. The van der Waals surface area contributed by atoms with E-state index in [9.17, 15) is 14.9 Å². The van der Waals surface area contributed by atoms with Gasteiger partial charge in [0.1, 0.15) is 11.8 Å². The van der Waals surface area contributed by atoms with Crippen LogP contribution in [0.2, 0.25) is 0 Å². The van der Waals surface area contributed by atoms with Crippen LogP contribution in [0.25, 0.3) is 0 Å². The number of rotatable bonds is 2. The van der Waals surface area contributed by atoms with Gasteiger partial charge in [-0.05, 0) is 26.8 Å². The van der Waals surface area contributed by atoms with Crippen molar-refractivity contribution in [3.8, 4) is 0 Å². The van der Waals surface area contributed by atoms with Gasteiger partial charge in [0.2, 0.25) is 0 Å². The van der Waals surface area contributed by atoms with Crippen molar-refractivity contribution in [2.24, 2.45) is 5.84 Å². The summed E-state index contributed by atoms with van der Waals surface area (Å²) in [4.78, 5) is 25.1. The summed E-state index contributed by atoms with van der Waals surface area (Å²) in [5.41, 5.74) is -0.869. The lowest BCUT2D eigenvalue weighted by molar-refractivity contribution is -0.385. The van der Waals surface area contributed by atoms with Crippen molar-refractivity contribution in [2.75, 3.05) is 5.01 Å². The van der Waals surface area contributed by atoms with Gasteiger partial charge < -0.3 is 4.74 Å². The molecule has 8 heteroatoms. The topological polar surface area (TPSA) is 112 Å². The highest BCUT2D eigenvalue weighted by molar-refractivity contribution is 5.85. The number of anilines is 1. The number of amides is 1. The fraction of sp³-hybridized carbons (Fsp3) is 0.400. The van der Waals surface area contributed by atoms with Crippen LogP contribution in [-0.4, -0.2) is 21.6 Å². The zero-order valence-corrected chi connectivity index (χ0v) is 10.3. The molecular formula is C10H14N4O4. The fourth-order valence-electron chi connectivity index (χ4n) is 1.03. The first-order chi connectivity index (χ1) is 8.20. The average molecular weight is 254 g/mol. The van der Waals surface area contributed by atoms with Crippen molar-refractivity contribution in [2.45, 2.75) is 26.4 Å². The number of nitrogens with zero attached hydrogens (tertiary/aromatic N) is 3. The van der Waals surface area contributed by atoms with Gasteiger partial charge in [0, 0.05) is 6.07 Å². The van der Waals surface area contributed by atoms with Gasteiger partial charge in [-0.25, -0.2) is 15.6 Å². The van der Waals surface area contributed by atoms with Crippen molar-refractivity contribution in [3.05, 3.63) is 28.4 Å². The first-order valence-corrected chi connectivity index (χ1v) is 5.09. The van der Waals surface area contributed by atoms with E-state index in [4.69, 9.17) is 10.6 Å². The number of nitro groups is 1. The Morgan fingerprint density at radius 3 is 2.50 bits per heavy atom. The number of carbonyl (C=O) groups is 1. The van der Waals surface area contributed by atoms with E-state index in [2.05, 4.69) is 4.98 Å². The van der Waals surface area contributed by atoms with Crippen LogP contribution in [0.1, 0.15) is 20.8 Å². The monoisotopic (exact) mass is 254 g/mol. The summed E-state index contributed by atoms with van der Waals surface area (Å²) in [6, 6.07) is 2.47. The van der Waals surface area contributed by atoms with Gasteiger partial charge >= 0.3 is 6.09 Å². The van der Waals surface area contributed by atoms with Crippen LogP contribution in [0.15, 0.2) is 18.3 Å². The van der Waals surface area contributed by atoms with E-state index in [-0.39, 0.29) is 11.5 Å². The lowest BCUT2D eigenvalue weighted by Gasteiger charge is -2.23. The molecule has 0 aliphatic carbocycles. The smallest absolute Gasteiger partial charge is 0.430 e. The van der Waals surface area contributed by atoms with Crippen LogP contribution < -0.4 is 10.9 Å². The Morgan fingerprint density at radius 1 is 1.50 bits per heavy atom. The molecule has 0 unspecified atom stereocenters. The quantitative estimate of drug-likeness (QED) is 0.371. The molecule has 0 saturated carbocycles. The maximum Gasteiger partial charge on any atom is 0.430 e. The number of pyridine rings is 1. The van der Waals surface area contributed by atoms with Crippen LogP contribution >= 0.6 is 0 Å². The van der Waals surface area contributed by atoms with E-state index in [1.165, 1.54) is 12.1 Å². The number of hydrogen-bond donors (Lipinski definition) is 1. The van der Waals surface area contributed by atoms with Crippen LogP contribution in [0, 0.1) is 10.1 Å². The molecule has 2 N–H and O–H groups in total. The predicted octanol–water partition coefficient (Wildman–Crippen LogP) is 1.60. The van der Waals surface area contributed by atoms with E-state index in [0.29, 0.717) is 5.01 Å². The Labute approximate surface area is 103 Å². The molecule has 0 atom stereocenters. The number of nitrogens with two attached hydrogens (primary N) is 1. The van der Waals surface area contributed by atoms with Gasteiger partial charge in [-0.3, -0.25) is 10.1 Å².